The fourth-order valence-corrected chi connectivity index (χ4v) is 4.24. The zero-order chi connectivity index (χ0) is 21.0. The maximum absolute atomic E-state index is 12.1. The first kappa shape index (κ1) is 19.3. The molecule has 1 aliphatic rings. The minimum atomic E-state index is 0.0172. The van der Waals surface area contributed by atoms with Gasteiger partial charge in [-0.1, -0.05) is 54.6 Å². The SMILES string of the molecule is O=C(Cc1ccccc1)NCc1ccc(-c2nc(-c3ccc4c(c3)OCO4)cs2)cc1. The normalized spacial score (nSPS) is 12.0. The predicted molar refractivity (Wildman–Crippen MR) is 121 cm³/mol. The van der Waals surface area contributed by atoms with E-state index < -0.39 is 0 Å². The van der Waals surface area contributed by atoms with Crippen LogP contribution in [0.25, 0.3) is 21.8 Å². The van der Waals surface area contributed by atoms with Gasteiger partial charge in [0.15, 0.2) is 11.5 Å². The molecule has 0 fully saturated rings. The summed E-state index contributed by atoms with van der Waals surface area (Å²) < 4.78 is 10.8. The number of aromatic nitrogens is 1. The lowest BCUT2D eigenvalue weighted by molar-refractivity contribution is -0.120. The molecule has 154 valence electrons. The molecule has 0 atom stereocenters. The molecule has 0 unspecified atom stereocenters. The summed E-state index contributed by atoms with van der Waals surface area (Å²) in [6.45, 7) is 0.770. The molecule has 1 aromatic heterocycles. The van der Waals surface area contributed by atoms with Crippen LogP contribution in [0.15, 0.2) is 78.2 Å². The Morgan fingerprint density at radius 1 is 0.903 bits per heavy atom. The molecule has 5 nitrogen and oxygen atoms in total. The Morgan fingerprint density at radius 3 is 2.52 bits per heavy atom. The van der Waals surface area contributed by atoms with Crippen molar-refractivity contribution in [2.24, 2.45) is 0 Å². The number of rotatable bonds is 6. The van der Waals surface area contributed by atoms with E-state index >= 15 is 0 Å². The van der Waals surface area contributed by atoms with Crippen LogP contribution in [0.4, 0.5) is 0 Å². The zero-order valence-corrected chi connectivity index (χ0v) is 17.5. The predicted octanol–water partition coefficient (Wildman–Crippen LogP) is 5.06. The molecule has 0 bridgehead atoms. The average Bonchev–Trinajstić information content (AvgIpc) is 3.48. The highest BCUT2D eigenvalue weighted by molar-refractivity contribution is 7.13. The van der Waals surface area contributed by atoms with Gasteiger partial charge in [0.05, 0.1) is 12.1 Å². The number of fused-ring (bicyclic) bond motifs is 1. The van der Waals surface area contributed by atoms with Gasteiger partial charge < -0.3 is 14.8 Å². The third-order valence-electron chi connectivity index (χ3n) is 5.07. The number of carbonyl (C=O) groups is 1. The third-order valence-corrected chi connectivity index (χ3v) is 5.96. The number of benzene rings is 3. The van der Waals surface area contributed by atoms with Gasteiger partial charge in [0.1, 0.15) is 5.01 Å². The largest absolute Gasteiger partial charge is 0.454 e. The molecule has 0 aliphatic carbocycles. The average molecular weight is 429 g/mol. The first-order valence-corrected chi connectivity index (χ1v) is 10.9. The van der Waals surface area contributed by atoms with Crippen LogP contribution >= 0.6 is 11.3 Å². The number of nitrogens with zero attached hydrogens (tertiary/aromatic N) is 1. The molecule has 1 amide bonds. The van der Waals surface area contributed by atoms with E-state index in [2.05, 4.69) is 5.32 Å². The summed E-state index contributed by atoms with van der Waals surface area (Å²) in [5.41, 5.74) is 5.03. The van der Waals surface area contributed by atoms with Crippen LogP contribution in [0.3, 0.4) is 0 Å². The number of nitrogens with one attached hydrogen (secondary N) is 1. The Hall–Kier alpha value is -3.64. The highest BCUT2D eigenvalue weighted by Crippen LogP contribution is 2.37. The third kappa shape index (κ3) is 4.44. The van der Waals surface area contributed by atoms with Gasteiger partial charge >= 0.3 is 0 Å². The number of thiazole rings is 1. The minimum absolute atomic E-state index is 0.0172. The van der Waals surface area contributed by atoms with E-state index in [1.807, 2.05) is 78.2 Å². The number of hydrogen-bond acceptors (Lipinski definition) is 5. The molecule has 0 spiro atoms. The van der Waals surface area contributed by atoms with Crippen molar-refractivity contribution >= 4 is 17.2 Å². The van der Waals surface area contributed by atoms with Crippen LogP contribution in [-0.4, -0.2) is 17.7 Å². The molecule has 3 aromatic carbocycles. The molecular weight excluding hydrogens is 408 g/mol. The summed E-state index contributed by atoms with van der Waals surface area (Å²) in [5.74, 6) is 1.54. The van der Waals surface area contributed by atoms with Gasteiger partial charge in [-0.2, -0.15) is 0 Å². The van der Waals surface area contributed by atoms with E-state index in [4.69, 9.17) is 14.5 Å². The number of amides is 1. The van der Waals surface area contributed by atoms with Crippen LogP contribution in [-0.2, 0) is 17.8 Å². The van der Waals surface area contributed by atoms with Crippen LogP contribution in [0, 0.1) is 0 Å². The second-order valence-corrected chi connectivity index (χ2v) is 8.10. The molecule has 1 aliphatic heterocycles. The van der Waals surface area contributed by atoms with Crippen LogP contribution < -0.4 is 14.8 Å². The molecule has 6 heteroatoms. The van der Waals surface area contributed by atoms with Crippen molar-refractivity contribution in [3.8, 4) is 33.3 Å². The second-order valence-electron chi connectivity index (χ2n) is 7.24. The zero-order valence-electron chi connectivity index (χ0n) is 16.7. The van der Waals surface area contributed by atoms with E-state index in [0.29, 0.717) is 13.0 Å². The fraction of sp³-hybridized carbons (Fsp3) is 0.120. The van der Waals surface area contributed by atoms with Crippen molar-refractivity contribution in [1.29, 1.82) is 0 Å². The molecule has 0 saturated heterocycles. The summed E-state index contributed by atoms with van der Waals surface area (Å²) in [4.78, 5) is 16.9. The van der Waals surface area contributed by atoms with Gasteiger partial charge in [0.2, 0.25) is 12.7 Å². The van der Waals surface area contributed by atoms with Crippen LogP contribution in [0.1, 0.15) is 11.1 Å². The Bertz CT molecular complexity index is 1200. The van der Waals surface area contributed by atoms with Gasteiger partial charge in [-0.25, -0.2) is 4.98 Å². The van der Waals surface area contributed by atoms with E-state index in [-0.39, 0.29) is 12.7 Å². The summed E-state index contributed by atoms with van der Waals surface area (Å²) in [6.07, 6.45) is 0.390. The van der Waals surface area contributed by atoms with E-state index in [9.17, 15) is 4.79 Å². The first-order valence-electron chi connectivity index (χ1n) is 10.00. The highest BCUT2D eigenvalue weighted by atomic mass is 32.1. The second kappa shape index (κ2) is 8.62. The Balaban J connectivity index is 1.22. The molecular formula is C25H20N2O3S. The fourth-order valence-electron chi connectivity index (χ4n) is 3.40. The Labute approximate surface area is 184 Å². The quantitative estimate of drug-likeness (QED) is 0.466. The van der Waals surface area contributed by atoms with Gasteiger partial charge in [-0.15, -0.1) is 11.3 Å². The number of carbonyl (C=O) groups excluding carboxylic acids is 1. The van der Waals surface area contributed by atoms with Crippen molar-refractivity contribution in [3.63, 3.8) is 0 Å². The summed E-state index contributed by atoms with van der Waals surface area (Å²) in [5, 5.41) is 5.98. The molecule has 0 saturated carbocycles. The topological polar surface area (TPSA) is 60.5 Å². The monoisotopic (exact) mass is 428 g/mol. The van der Waals surface area contributed by atoms with E-state index in [1.54, 1.807) is 11.3 Å². The standard InChI is InChI=1S/C25H20N2O3S/c28-24(12-17-4-2-1-3-5-17)26-14-18-6-8-19(9-7-18)25-27-21(15-31-25)20-10-11-22-23(13-20)30-16-29-22/h1-11,13,15H,12,14,16H2,(H,26,28). The minimum Gasteiger partial charge on any atom is -0.454 e. The number of hydrogen-bond donors (Lipinski definition) is 1. The molecule has 2 heterocycles. The van der Waals surface area contributed by atoms with Gasteiger partial charge in [-0.05, 0) is 29.3 Å². The van der Waals surface area contributed by atoms with Crippen molar-refractivity contribution < 1.29 is 14.3 Å². The molecule has 31 heavy (non-hydrogen) atoms. The van der Waals surface area contributed by atoms with E-state index in [1.165, 1.54) is 0 Å². The van der Waals surface area contributed by atoms with Crippen molar-refractivity contribution in [2.75, 3.05) is 6.79 Å². The van der Waals surface area contributed by atoms with Gasteiger partial charge in [0, 0.05) is 23.1 Å². The molecule has 0 radical (unpaired) electrons. The van der Waals surface area contributed by atoms with Crippen LogP contribution in [0.5, 0.6) is 11.5 Å². The highest BCUT2D eigenvalue weighted by Gasteiger charge is 2.15. The molecule has 4 aromatic rings. The molecule has 5 rings (SSSR count). The Kier molecular flexibility index (Phi) is 5.37. The molecule has 1 N–H and O–H groups in total. The summed E-state index contributed by atoms with van der Waals surface area (Å²) >= 11 is 1.60. The summed E-state index contributed by atoms with van der Waals surface area (Å²) in [7, 11) is 0. The van der Waals surface area contributed by atoms with E-state index in [0.717, 1.165) is 44.5 Å². The lowest BCUT2D eigenvalue weighted by atomic mass is 10.1. The maximum atomic E-state index is 12.1. The van der Waals surface area contributed by atoms with Crippen molar-refractivity contribution in [1.82, 2.24) is 10.3 Å². The Morgan fingerprint density at radius 2 is 1.68 bits per heavy atom. The maximum Gasteiger partial charge on any atom is 0.231 e. The lowest BCUT2D eigenvalue weighted by Crippen LogP contribution is -2.24. The van der Waals surface area contributed by atoms with Crippen LogP contribution in [0.2, 0.25) is 0 Å². The van der Waals surface area contributed by atoms with Gasteiger partial charge in [0.25, 0.3) is 0 Å². The smallest absolute Gasteiger partial charge is 0.231 e. The van der Waals surface area contributed by atoms with Crippen molar-refractivity contribution in [2.45, 2.75) is 13.0 Å². The van der Waals surface area contributed by atoms with Crippen molar-refractivity contribution in [3.05, 3.63) is 89.3 Å². The van der Waals surface area contributed by atoms with Gasteiger partial charge in [-0.3, -0.25) is 4.79 Å². The summed E-state index contributed by atoms with van der Waals surface area (Å²) in [6, 6.07) is 23.8. The number of ether oxygens (including phenoxy) is 2. The lowest BCUT2D eigenvalue weighted by Gasteiger charge is -2.06. The first-order chi connectivity index (χ1) is 15.2.